The fourth-order valence-corrected chi connectivity index (χ4v) is 14.8. The van der Waals surface area contributed by atoms with E-state index in [1.165, 1.54) is 131 Å². The minimum Gasteiger partial charge on any atom is -0.456 e. The summed E-state index contributed by atoms with van der Waals surface area (Å²) in [6.07, 6.45) is 2.41. The maximum Gasteiger partial charge on any atom is 0.333 e. The van der Waals surface area contributed by atoms with E-state index in [2.05, 4.69) is 191 Å². The number of fused-ring (bicyclic) bond motifs is 18. The van der Waals surface area contributed by atoms with Crippen LogP contribution in [0.15, 0.2) is 138 Å². The number of hydrogen-bond acceptors (Lipinski definition) is 4. The number of thiophene rings is 2. The van der Waals surface area contributed by atoms with Gasteiger partial charge in [-0.25, -0.2) is 0 Å². The molecule has 3 aliphatic rings. The van der Waals surface area contributed by atoms with E-state index in [9.17, 15) is 0 Å². The van der Waals surface area contributed by atoms with Crippen molar-refractivity contribution in [2.24, 2.45) is 0 Å². The van der Waals surface area contributed by atoms with E-state index in [-0.39, 0.29) is 23.1 Å². The van der Waals surface area contributed by atoms with Crippen LogP contribution in [0.4, 0.5) is 11.4 Å². The molecule has 66 heavy (non-hydrogen) atoms. The highest BCUT2D eigenvalue weighted by molar-refractivity contribution is 7.26. The highest BCUT2D eigenvalue weighted by Gasteiger charge is 2.45. The van der Waals surface area contributed by atoms with Gasteiger partial charge in [0.1, 0.15) is 11.2 Å². The molecule has 0 unspecified atom stereocenters. The van der Waals surface area contributed by atoms with Crippen LogP contribution in [0.1, 0.15) is 78.0 Å². The summed E-state index contributed by atoms with van der Waals surface area (Å²) in [7, 11) is 0. The second-order valence-corrected chi connectivity index (χ2v) is 24.1. The molecule has 0 fully saturated rings. The zero-order valence-corrected chi connectivity index (χ0v) is 39.9. The molecule has 318 valence electrons. The van der Waals surface area contributed by atoms with Crippen molar-refractivity contribution in [1.29, 1.82) is 0 Å². The molecule has 0 atom stereocenters. The van der Waals surface area contributed by atoms with Gasteiger partial charge in [-0.05, 0) is 129 Å². The lowest BCUT2D eigenvalue weighted by Gasteiger charge is -2.42. The average molecular weight is 887 g/mol. The Kier molecular flexibility index (Phi) is 7.08. The van der Waals surface area contributed by atoms with E-state index >= 15 is 0 Å². The van der Waals surface area contributed by atoms with Crippen LogP contribution in [-0.4, -0.2) is 11.4 Å². The van der Waals surface area contributed by atoms with Crippen molar-refractivity contribution in [3.05, 3.63) is 150 Å². The molecule has 2 aliphatic heterocycles. The highest BCUT2D eigenvalue weighted by Crippen LogP contribution is 2.53. The van der Waals surface area contributed by atoms with E-state index in [1.54, 1.807) is 0 Å². The van der Waals surface area contributed by atoms with Crippen molar-refractivity contribution < 1.29 is 4.42 Å². The fraction of sp³-hybridized carbons (Fsp3) is 0.200. The topological polar surface area (TPSA) is 21.3 Å². The third-order valence-corrected chi connectivity index (χ3v) is 18.4. The van der Waals surface area contributed by atoms with Gasteiger partial charge >= 0.3 is 6.85 Å². The molecule has 0 spiro atoms. The molecule has 6 heterocycles. The second kappa shape index (κ2) is 12.4. The number of furan rings is 1. The minimum atomic E-state index is -0.0785. The Morgan fingerprint density at radius 1 is 0.530 bits per heavy atom. The van der Waals surface area contributed by atoms with Gasteiger partial charge in [0.2, 0.25) is 0 Å². The maximum absolute atomic E-state index is 6.60. The SMILES string of the molecule is CC(C)(C)c1ccc(N2B3c4cc5c(cc4-n4c6cc7c(cc6c6ccc(c3c64)-c3cc4sc6cc8c(cc6c4cc32)C(C)(C)CCC8(C)C)oc2ccccc27)sc2ccccc25)cc1. The molecule has 4 aromatic heterocycles. The van der Waals surface area contributed by atoms with Gasteiger partial charge in [0.15, 0.2) is 0 Å². The van der Waals surface area contributed by atoms with Gasteiger partial charge in [0.05, 0.1) is 11.0 Å². The first kappa shape index (κ1) is 37.8. The van der Waals surface area contributed by atoms with Crippen molar-refractivity contribution in [2.45, 2.75) is 77.6 Å². The number of hydrogen-bond donors (Lipinski definition) is 0. The molecule has 0 saturated carbocycles. The number of benzene rings is 8. The summed E-state index contributed by atoms with van der Waals surface area (Å²) in [5.74, 6) is 0. The number of nitrogens with zero attached hydrogens (tertiary/aromatic N) is 2. The van der Waals surface area contributed by atoms with Crippen molar-refractivity contribution in [1.82, 2.24) is 4.57 Å². The van der Waals surface area contributed by atoms with E-state index in [0.29, 0.717) is 0 Å². The van der Waals surface area contributed by atoms with Crippen molar-refractivity contribution >= 4 is 136 Å². The predicted octanol–water partition coefficient (Wildman–Crippen LogP) is 16.3. The number of rotatable bonds is 1. The Morgan fingerprint density at radius 3 is 2.02 bits per heavy atom. The van der Waals surface area contributed by atoms with Gasteiger partial charge in [-0.15, -0.1) is 22.7 Å². The third-order valence-electron chi connectivity index (χ3n) is 16.2. The van der Waals surface area contributed by atoms with Gasteiger partial charge in [-0.1, -0.05) is 115 Å². The summed E-state index contributed by atoms with van der Waals surface area (Å²) in [4.78, 5) is 2.72. The minimum absolute atomic E-state index is 0.0365. The van der Waals surface area contributed by atoms with E-state index in [1.807, 2.05) is 22.7 Å². The van der Waals surface area contributed by atoms with Gasteiger partial charge in [0, 0.05) is 84.5 Å². The Hall–Kier alpha value is -6.34. The lowest BCUT2D eigenvalue weighted by Crippen LogP contribution is -2.60. The van der Waals surface area contributed by atoms with E-state index < -0.39 is 0 Å². The normalized spacial score (nSPS) is 16.2. The largest absolute Gasteiger partial charge is 0.456 e. The van der Waals surface area contributed by atoms with Gasteiger partial charge in [-0.2, -0.15) is 0 Å². The van der Waals surface area contributed by atoms with Gasteiger partial charge in [0.25, 0.3) is 0 Å². The van der Waals surface area contributed by atoms with E-state index in [0.717, 1.165) is 21.9 Å². The Morgan fingerprint density at radius 2 is 1.21 bits per heavy atom. The molecular weight excluding hydrogens is 840 g/mol. The van der Waals surface area contributed by atoms with Crippen LogP contribution in [0.2, 0.25) is 0 Å². The first-order chi connectivity index (χ1) is 31.8. The molecule has 0 N–H and O–H groups in total. The average Bonchev–Trinajstić information content (AvgIpc) is 4.05. The van der Waals surface area contributed by atoms with Crippen LogP contribution >= 0.6 is 22.7 Å². The number of para-hydroxylation sites is 1. The second-order valence-electron chi connectivity index (χ2n) is 21.9. The summed E-state index contributed by atoms with van der Waals surface area (Å²) in [5.41, 5.74) is 18.2. The highest BCUT2D eigenvalue weighted by atomic mass is 32.1. The molecule has 12 aromatic rings. The standard InChI is InChI=1S/C60H47BN2OS2/c1-58(2,3)32-16-18-33(19-17-32)63-48-27-43-41-24-44-45(60(6,7)23-22-59(44,4)5)30-54(41)66-53(43)29-39(48)36-20-21-37-38-28-51-40(34-12-8-10-14-50(34)64-51)26-47(38)62-49-31-55-42(35-13-9-11-15-52(35)65-55)25-46(49)61(63)56(36)57(37)62/h8-21,24-31H,22-23H2,1-7H3. The lowest BCUT2D eigenvalue weighted by molar-refractivity contribution is 0.332. The summed E-state index contributed by atoms with van der Waals surface area (Å²) in [5, 5.41) is 10.2. The molecule has 0 amide bonds. The lowest BCUT2D eigenvalue weighted by atomic mass is 9.44. The molecule has 0 bridgehead atoms. The van der Waals surface area contributed by atoms with Crippen molar-refractivity contribution in [2.75, 3.05) is 4.81 Å². The Bertz CT molecular complexity index is 4170. The summed E-state index contributed by atoms with van der Waals surface area (Å²) >= 11 is 3.88. The molecule has 6 heteroatoms. The van der Waals surface area contributed by atoms with Crippen LogP contribution in [0, 0.1) is 0 Å². The maximum atomic E-state index is 6.60. The fourth-order valence-electron chi connectivity index (χ4n) is 12.6. The van der Waals surface area contributed by atoms with Crippen LogP contribution in [-0.2, 0) is 16.2 Å². The van der Waals surface area contributed by atoms with Crippen molar-refractivity contribution in [3.63, 3.8) is 0 Å². The Labute approximate surface area is 392 Å². The smallest absolute Gasteiger partial charge is 0.333 e. The van der Waals surface area contributed by atoms with Crippen molar-refractivity contribution in [3.8, 4) is 16.8 Å². The third kappa shape index (κ3) is 4.84. The molecule has 1 aliphatic carbocycles. The van der Waals surface area contributed by atoms with E-state index in [4.69, 9.17) is 4.42 Å². The molecule has 8 aromatic carbocycles. The number of anilines is 2. The van der Waals surface area contributed by atoms with Crippen LogP contribution in [0.5, 0.6) is 0 Å². The predicted molar refractivity (Wildman–Crippen MR) is 287 cm³/mol. The van der Waals surface area contributed by atoms with Crippen LogP contribution in [0.3, 0.4) is 0 Å². The van der Waals surface area contributed by atoms with Gasteiger partial charge < -0.3 is 13.8 Å². The quantitative estimate of drug-likeness (QED) is 0.153. The summed E-state index contributed by atoms with van der Waals surface area (Å²) in [6.45, 7) is 16.7. The molecular formula is C60H47BN2OS2. The summed E-state index contributed by atoms with van der Waals surface area (Å²) in [6, 6.07) is 51.9. The van der Waals surface area contributed by atoms with Crippen LogP contribution in [0.25, 0.3) is 101 Å². The first-order valence-corrected chi connectivity index (χ1v) is 25.3. The monoisotopic (exact) mass is 886 g/mol. The first-order valence-electron chi connectivity index (χ1n) is 23.6. The zero-order chi connectivity index (χ0) is 44.3. The molecule has 15 rings (SSSR count). The number of aromatic nitrogens is 1. The molecule has 3 nitrogen and oxygen atoms in total. The molecule has 0 radical (unpaired) electrons. The Balaban J connectivity index is 1.10. The van der Waals surface area contributed by atoms with Crippen LogP contribution < -0.4 is 15.7 Å². The van der Waals surface area contributed by atoms with Gasteiger partial charge in [-0.3, -0.25) is 0 Å². The molecule has 0 saturated heterocycles. The summed E-state index contributed by atoms with van der Waals surface area (Å²) < 4.78 is 14.6. The zero-order valence-electron chi connectivity index (χ0n) is 38.3.